The molecule has 1 nitrogen and oxygen atoms in total. The highest BCUT2D eigenvalue weighted by Crippen LogP contribution is 2.21. The molecule has 1 atom stereocenters. The first-order valence-electron chi connectivity index (χ1n) is 7.54. The van der Waals surface area contributed by atoms with Crippen molar-refractivity contribution in [3.63, 3.8) is 0 Å². The molecule has 0 saturated carbocycles. The van der Waals surface area contributed by atoms with Gasteiger partial charge in [-0.25, -0.2) is 0 Å². The largest absolute Gasteiger partial charge is 0.312 e. The van der Waals surface area contributed by atoms with Crippen LogP contribution in [0.1, 0.15) is 56.4 Å². The van der Waals surface area contributed by atoms with Crippen molar-refractivity contribution in [3.05, 3.63) is 34.4 Å². The van der Waals surface area contributed by atoms with Gasteiger partial charge in [-0.05, 0) is 77.1 Å². The third-order valence-electron chi connectivity index (χ3n) is 3.83. The van der Waals surface area contributed by atoms with Gasteiger partial charge in [0.1, 0.15) is 0 Å². The Bertz CT molecular complexity index is 389. The van der Waals surface area contributed by atoms with Crippen molar-refractivity contribution in [1.29, 1.82) is 0 Å². The predicted octanol–water partition coefficient (Wildman–Crippen LogP) is 4.57. The highest BCUT2D eigenvalue weighted by atomic mass is 14.9. The van der Waals surface area contributed by atoms with Gasteiger partial charge in [0, 0.05) is 5.54 Å². The van der Waals surface area contributed by atoms with E-state index in [1.165, 1.54) is 29.5 Å². The molecular weight excluding hydrogens is 230 g/mol. The Hall–Kier alpha value is -0.820. The van der Waals surface area contributed by atoms with E-state index in [1.807, 2.05) is 0 Å². The first-order chi connectivity index (χ1) is 8.73. The molecule has 0 spiro atoms. The van der Waals surface area contributed by atoms with E-state index in [4.69, 9.17) is 0 Å². The van der Waals surface area contributed by atoms with Gasteiger partial charge in [-0.2, -0.15) is 0 Å². The molecule has 1 N–H and O–H groups in total. The topological polar surface area (TPSA) is 12.0 Å². The smallest absolute Gasteiger partial charge is 0.00966 e. The van der Waals surface area contributed by atoms with Crippen LogP contribution >= 0.6 is 0 Å². The lowest BCUT2D eigenvalue weighted by Gasteiger charge is -2.25. The Kier molecular flexibility index (Phi) is 5.61. The van der Waals surface area contributed by atoms with Gasteiger partial charge in [-0.3, -0.25) is 0 Å². The average Bonchev–Trinajstić information content (AvgIpc) is 2.25. The van der Waals surface area contributed by atoms with E-state index in [1.54, 1.807) is 5.56 Å². The van der Waals surface area contributed by atoms with E-state index in [-0.39, 0.29) is 5.54 Å². The third-order valence-corrected chi connectivity index (χ3v) is 3.83. The van der Waals surface area contributed by atoms with Crippen LogP contribution in [0, 0.1) is 26.7 Å². The number of aryl methyl sites for hydroxylation is 3. The van der Waals surface area contributed by atoms with Gasteiger partial charge in [0.2, 0.25) is 0 Å². The summed E-state index contributed by atoms with van der Waals surface area (Å²) in [5.74, 6) is 0.722. The maximum Gasteiger partial charge on any atom is 0.00966 e. The molecule has 0 amide bonds. The minimum atomic E-state index is 0.213. The molecule has 0 aliphatic carbocycles. The van der Waals surface area contributed by atoms with Crippen molar-refractivity contribution in [2.45, 2.75) is 66.8 Å². The van der Waals surface area contributed by atoms with Gasteiger partial charge >= 0.3 is 0 Å². The first-order valence-corrected chi connectivity index (χ1v) is 7.54. The molecule has 1 rings (SSSR count). The Balaban J connectivity index is 2.76. The number of rotatable bonds is 5. The van der Waals surface area contributed by atoms with Gasteiger partial charge in [0.05, 0.1) is 0 Å². The summed E-state index contributed by atoms with van der Waals surface area (Å²) in [7, 11) is 0. The van der Waals surface area contributed by atoms with Crippen LogP contribution < -0.4 is 5.32 Å². The normalized spacial score (nSPS) is 13.6. The fraction of sp³-hybridized carbons (Fsp3) is 0.667. The Labute approximate surface area is 119 Å². The lowest BCUT2D eigenvalue weighted by Crippen LogP contribution is -2.39. The van der Waals surface area contributed by atoms with Crippen molar-refractivity contribution >= 4 is 0 Å². The number of benzene rings is 1. The van der Waals surface area contributed by atoms with Gasteiger partial charge in [0.15, 0.2) is 0 Å². The zero-order valence-corrected chi connectivity index (χ0v) is 13.9. The average molecular weight is 261 g/mol. The molecular formula is C18H31N. The van der Waals surface area contributed by atoms with E-state index in [0.717, 1.165) is 12.5 Å². The quantitative estimate of drug-likeness (QED) is 0.819. The molecule has 0 aliphatic heterocycles. The zero-order chi connectivity index (χ0) is 14.6. The van der Waals surface area contributed by atoms with Crippen LogP contribution in [0.3, 0.4) is 0 Å². The summed E-state index contributed by atoms with van der Waals surface area (Å²) in [5, 5.41) is 3.64. The van der Waals surface area contributed by atoms with Crippen molar-refractivity contribution in [2.75, 3.05) is 6.54 Å². The Morgan fingerprint density at radius 3 is 2.00 bits per heavy atom. The van der Waals surface area contributed by atoms with E-state index >= 15 is 0 Å². The van der Waals surface area contributed by atoms with Crippen LogP contribution in [0.4, 0.5) is 0 Å². The van der Waals surface area contributed by atoms with Crippen LogP contribution in [0.2, 0.25) is 0 Å². The van der Waals surface area contributed by atoms with Gasteiger partial charge in [-0.15, -0.1) is 0 Å². The highest BCUT2D eigenvalue weighted by Gasteiger charge is 2.15. The van der Waals surface area contributed by atoms with E-state index in [0.29, 0.717) is 0 Å². The Morgan fingerprint density at radius 1 is 1.05 bits per heavy atom. The second kappa shape index (κ2) is 6.56. The SMILES string of the molecule is CCC(CNC(C)(C)C)Cc1c(C)cc(C)cc1C. The molecule has 0 fully saturated rings. The van der Waals surface area contributed by atoms with Gasteiger partial charge in [-0.1, -0.05) is 31.0 Å². The van der Waals surface area contributed by atoms with Crippen molar-refractivity contribution in [2.24, 2.45) is 5.92 Å². The molecule has 1 aromatic rings. The molecule has 0 aliphatic rings. The fourth-order valence-electron chi connectivity index (χ4n) is 2.63. The Morgan fingerprint density at radius 2 is 1.58 bits per heavy atom. The summed E-state index contributed by atoms with van der Waals surface area (Å²) in [6.07, 6.45) is 2.42. The van der Waals surface area contributed by atoms with Crippen molar-refractivity contribution in [1.82, 2.24) is 5.32 Å². The predicted molar refractivity (Wildman–Crippen MR) is 85.9 cm³/mol. The van der Waals surface area contributed by atoms with E-state index in [9.17, 15) is 0 Å². The molecule has 0 bridgehead atoms. The van der Waals surface area contributed by atoms with E-state index < -0.39 is 0 Å². The molecule has 0 saturated heterocycles. The monoisotopic (exact) mass is 261 g/mol. The molecule has 1 unspecified atom stereocenters. The van der Waals surface area contributed by atoms with Crippen LogP contribution in [-0.4, -0.2) is 12.1 Å². The number of hydrogen-bond acceptors (Lipinski definition) is 1. The first kappa shape index (κ1) is 16.2. The minimum Gasteiger partial charge on any atom is -0.312 e. The second-order valence-corrected chi connectivity index (χ2v) is 6.99. The van der Waals surface area contributed by atoms with Crippen LogP contribution in [0.25, 0.3) is 0 Å². The van der Waals surface area contributed by atoms with Crippen molar-refractivity contribution in [3.8, 4) is 0 Å². The molecule has 0 aromatic heterocycles. The molecule has 19 heavy (non-hydrogen) atoms. The fourth-order valence-corrected chi connectivity index (χ4v) is 2.63. The summed E-state index contributed by atoms with van der Waals surface area (Å²) in [4.78, 5) is 0. The second-order valence-electron chi connectivity index (χ2n) is 6.99. The van der Waals surface area contributed by atoms with Crippen LogP contribution in [-0.2, 0) is 6.42 Å². The summed E-state index contributed by atoms with van der Waals surface area (Å²) < 4.78 is 0. The minimum absolute atomic E-state index is 0.213. The molecule has 0 heterocycles. The lowest BCUT2D eigenvalue weighted by atomic mass is 9.89. The zero-order valence-electron chi connectivity index (χ0n) is 13.9. The number of nitrogens with one attached hydrogen (secondary N) is 1. The van der Waals surface area contributed by atoms with Crippen molar-refractivity contribution < 1.29 is 0 Å². The standard InChI is InChI=1S/C18H31N/c1-8-16(12-19-18(5,6)7)11-17-14(3)9-13(2)10-15(17)4/h9-10,16,19H,8,11-12H2,1-7H3. The molecule has 1 aromatic carbocycles. The maximum atomic E-state index is 3.64. The summed E-state index contributed by atoms with van der Waals surface area (Å²) >= 11 is 0. The van der Waals surface area contributed by atoms with Gasteiger partial charge < -0.3 is 5.32 Å². The maximum absolute atomic E-state index is 3.64. The summed E-state index contributed by atoms with van der Waals surface area (Å²) in [6, 6.07) is 4.62. The molecule has 1 heteroatoms. The lowest BCUT2D eigenvalue weighted by molar-refractivity contribution is 0.362. The van der Waals surface area contributed by atoms with E-state index in [2.05, 4.69) is 65.9 Å². The van der Waals surface area contributed by atoms with Crippen LogP contribution in [0.5, 0.6) is 0 Å². The summed E-state index contributed by atoms with van der Waals surface area (Å²) in [6.45, 7) is 16.8. The summed E-state index contributed by atoms with van der Waals surface area (Å²) in [5.41, 5.74) is 6.04. The van der Waals surface area contributed by atoms with Gasteiger partial charge in [0.25, 0.3) is 0 Å². The molecule has 0 radical (unpaired) electrons. The van der Waals surface area contributed by atoms with Crippen LogP contribution in [0.15, 0.2) is 12.1 Å². The third kappa shape index (κ3) is 5.36. The highest BCUT2D eigenvalue weighted by molar-refractivity contribution is 5.37. The number of hydrogen-bond donors (Lipinski definition) is 1. The molecule has 108 valence electrons.